The van der Waals surface area contributed by atoms with Crippen LogP contribution in [0.15, 0.2) is 49.8 Å². The molecule has 0 saturated heterocycles. The van der Waals surface area contributed by atoms with Gasteiger partial charge < -0.3 is 9.47 Å². The van der Waals surface area contributed by atoms with Crippen molar-refractivity contribution in [3.05, 3.63) is 72.1 Å². The molecule has 0 radical (unpaired) electrons. The SMILES string of the molecule is C=CCOc1cc(OCc2cncc(C#N)c2)c(C=C)cc1C. The van der Waals surface area contributed by atoms with E-state index in [1.807, 2.05) is 19.1 Å². The summed E-state index contributed by atoms with van der Waals surface area (Å²) in [6.45, 7) is 10.2. The molecule has 23 heavy (non-hydrogen) atoms. The van der Waals surface area contributed by atoms with Crippen molar-refractivity contribution in [2.45, 2.75) is 13.5 Å². The molecule has 1 aromatic heterocycles. The molecule has 0 aliphatic carbocycles. The standard InChI is InChI=1S/C19H18N2O2/c1-4-6-22-18-9-19(17(5-2)7-14(18)3)23-13-16-8-15(10-20)11-21-12-16/h4-5,7-9,11-12H,1-2,6,13H2,3H3. The average molecular weight is 306 g/mol. The van der Waals surface area contributed by atoms with Crippen molar-refractivity contribution in [2.24, 2.45) is 0 Å². The number of ether oxygens (including phenoxy) is 2. The fourth-order valence-corrected chi connectivity index (χ4v) is 2.07. The lowest BCUT2D eigenvalue weighted by Gasteiger charge is -2.14. The summed E-state index contributed by atoms with van der Waals surface area (Å²) in [6, 6.07) is 7.63. The van der Waals surface area contributed by atoms with E-state index >= 15 is 0 Å². The Morgan fingerprint density at radius 3 is 2.70 bits per heavy atom. The molecule has 1 heterocycles. The Labute approximate surface area is 136 Å². The van der Waals surface area contributed by atoms with E-state index < -0.39 is 0 Å². The maximum Gasteiger partial charge on any atom is 0.130 e. The molecule has 0 aliphatic heterocycles. The zero-order chi connectivity index (χ0) is 16.7. The van der Waals surface area contributed by atoms with Crippen molar-refractivity contribution < 1.29 is 9.47 Å². The quantitative estimate of drug-likeness (QED) is 0.724. The summed E-state index contributed by atoms with van der Waals surface area (Å²) >= 11 is 0. The summed E-state index contributed by atoms with van der Waals surface area (Å²) in [5.74, 6) is 1.42. The summed E-state index contributed by atoms with van der Waals surface area (Å²) in [4.78, 5) is 4.02. The molecular formula is C19H18N2O2. The van der Waals surface area contributed by atoms with Crippen molar-refractivity contribution in [1.29, 1.82) is 5.26 Å². The minimum absolute atomic E-state index is 0.313. The smallest absolute Gasteiger partial charge is 0.130 e. The van der Waals surface area contributed by atoms with Gasteiger partial charge in [0.25, 0.3) is 0 Å². The molecule has 0 saturated carbocycles. The summed E-state index contributed by atoms with van der Waals surface area (Å²) in [6.07, 6.45) is 6.63. The Hall–Kier alpha value is -3.06. The number of benzene rings is 1. The number of hydrogen-bond acceptors (Lipinski definition) is 4. The molecule has 2 aromatic rings. The maximum absolute atomic E-state index is 8.91. The van der Waals surface area contributed by atoms with Gasteiger partial charge in [0.1, 0.15) is 30.8 Å². The van der Waals surface area contributed by atoms with E-state index in [1.165, 1.54) is 6.20 Å². The summed E-state index contributed by atoms with van der Waals surface area (Å²) in [5.41, 5.74) is 3.22. The second kappa shape index (κ2) is 7.81. The van der Waals surface area contributed by atoms with Gasteiger partial charge in [-0.25, -0.2) is 0 Å². The molecule has 4 heteroatoms. The van der Waals surface area contributed by atoms with Crippen LogP contribution in [0.2, 0.25) is 0 Å². The number of nitriles is 1. The number of hydrogen-bond donors (Lipinski definition) is 0. The lowest BCUT2D eigenvalue weighted by molar-refractivity contribution is 0.300. The normalized spacial score (nSPS) is 9.74. The Morgan fingerprint density at radius 1 is 1.17 bits per heavy atom. The third kappa shape index (κ3) is 4.21. The lowest BCUT2D eigenvalue weighted by Crippen LogP contribution is -2.01. The molecule has 0 N–H and O–H groups in total. The number of rotatable bonds is 7. The summed E-state index contributed by atoms with van der Waals surface area (Å²) < 4.78 is 11.5. The average Bonchev–Trinajstić information content (AvgIpc) is 2.59. The fourth-order valence-electron chi connectivity index (χ4n) is 2.07. The minimum atomic E-state index is 0.313. The second-order valence-electron chi connectivity index (χ2n) is 4.94. The summed E-state index contributed by atoms with van der Waals surface area (Å²) in [7, 11) is 0. The number of nitrogens with zero attached hydrogens (tertiary/aromatic N) is 2. The third-order valence-corrected chi connectivity index (χ3v) is 3.20. The minimum Gasteiger partial charge on any atom is -0.489 e. The van der Waals surface area contributed by atoms with Crippen LogP contribution in [0.1, 0.15) is 22.3 Å². The second-order valence-corrected chi connectivity index (χ2v) is 4.94. The lowest BCUT2D eigenvalue weighted by atomic mass is 10.1. The van der Waals surface area contributed by atoms with Gasteiger partial charge in [0, 0.05) is 29.6 Å². The van der Waals surface area contributed by atoms with Crippen molar-refractivity contribution in [3.63, 3.8) is 0 Å². The van der Waals surface area contributed by atoms with Crippen molar-refractivity contribution in [1.82, 2.24) is 4.98 Å². The van der Waals surface area contributed by atoms with Gasteiger partial charge >= 0.3 is 0 Å². The number of aryl methyl sites for hydroxylation is 1. The van der Waals surface area contributed by atoms with Gasteiger partial charge in [-0.1, -0.05) is 25.3 Å². The molecule has 116 valence electrons. The Kier molecular flexibility index (Phi) is 5.54. The van der Waals surface area contributed by atoms with Crippen LogP contribution in [-0.2, 0) is 6.61 Å². The van der Waals surface area contributed by atoms with Gasteiger partial charge in [-0.15, -0.1) is 0 Å². The number of aromatic nitrogens is 1. The van der Waals surface area contributed by atoms with E-state index in [2.05, 4.69) is 24.2 Å². The fraction of sp³-hybridized carbons (Fsp3) is 0.158. The third-order valence-electron chi connectivity index (χ3n) is 3.20. The Bertz CT molecular complexity index is 760. The first-order chi connectivity index (χ1) is 11.2. The van der Waals surface area contributed by atoms with E-state index in [9.17, 15) is 0 Å². The highest BCUT2D eigenvalue weighted by atomic mass is 16.5. The molecule has 0 atom stereocenters. The highest BCUT2D eigenvalue weighted by molar-refractivity contribution is 5.60. The van der Waals surface area contributed by atoms with Crippen LogP contribution < -0.4 is 9.47 Å². The van der Waals surface area contributed by atoms with Crippen LogP contribution >= 0.6 is 0 Å². The van der Waals surface area contributed by atoms with Crippen molar-refractivity contribution in [2.75, 3.05) is 6.61 Å². The van der Waals surface area contributed by atoms with E-state index in [0.29, 0.717) is 24.5 Å². The van der Waals surface area contributed by atoms with Gasteiger partial charge in [0.15, 0.2) is 0 Å². The summed E-state index contributed by atoms with van der Waals surface area (Å²) in [5, 5.41) is 8.91. The molecule has 0 aliphatic rings. The van der Waals surface area contributed by atoms with Crippen LogP contribution in [-0.4, -0.2) is 11.6 Å². The van der Waals surface area contributed by atoms with E-state index in [1.54, 1.807) is 24.4 Å². The topological polar surface area (TPSA) is 55.1 Å². The highest BCUT2D eigenvalue weighted by Crippen LogP contribution is 2.30. The number of pyridine rings is 1. The van der Waals surface area contributed by atoms with Gasteiger partial charge in [-0.2, -0.15) is 5.26 Å². The van der Waals surface area contributed by atoms with E-state index in [-0.39, 0.29) is 0 Å². The van der Waals surface area contributed by atoms with Crippen molar-refractivity contribution in [3.8, 4) is 17.6 Å². The molecule has 2 rings (SSSR count). The largest absolute Gasteiger partial charge is 0.489 e. The molecule has 0 unspecified atom stereocenters. The predicted octanol–water partition coefficient (Wildman–Crippen LogP) is 4.05. The maximum atomic E-state index is 8.91. The van der Waals surface area contributed by atoms with Gasteiger partial charge in [0.05, 0.1) is 5.56 Å². The van der Waals surface area contributed by atoms with Crippen LogP contribution in [0.5, 0.6) is 11.5 Å². The molecule has 0 amide bonds. The molecular weight excluding hydrogens is 288 g/mol. The van der Waals surface area contributed by atoms with E-state index in [0.717, 1.165) is 22.4 Å². The van der Waals surface area contributed by atoms with Crippen LogP contribution in [0.3, 0.4) is 0 Å². The first kappa shape index (κ1) is 16.3. The van der Waals surface area contributed by atoms with Gasteiger partial charge in [-0.3, -0.25) is 4.98 Å². The zero-order valence-corrected chi connectivity index (χ0v) is 13.1. The van der Waals surface area contributed by atoms with Gasteiger partial charge in [-0.05, 0) is 24.6 Å². The monoisotopic (exact) mass is 306 g/mol. The Balaban J connectivity index is 2.21. The van der Waals surface area contributed by atoms with Crippen LogP contribution in [0, 0.1) is 18.3 Å². The molecule has 0 fully saturated rings. The first-order valence-corrected chi connectivity index (χ1v) is 7.15. The first-order valence-electron chi connectivity index (χ1n) is 7.15. The molecule has 0 spiro atoms. The molecule has 0 bridgehead atoms. The Morgan fingerprint density at radius 2 is 2.00 bits per heavy atom. The van der Waals surface area contributed by atoms with Gasteiger partial charge in [0.2, 0.25) is 0 Å². The van der Waals surface area contributed by atoms with Crippen LogP contribution in [0.25, 0.3) is 6.08 Å². The zero-order valence-electron chi connectivity index (χ0n) is 13.1. The predicted molar refractivity (Wildman–Crippen MR) is 90.2 cm³/mol. The highest BCUT2D eigenvalue weighted by Gasteiger charge is 2.08. The molecule has 1 aromatic carbocycles. The van der Waals surface area contributed by atoms with Crippen LogP contribution in [0.4, 0.5) is 0 Å². The van der Waals surface area contributed by atoms with Crippen molar-refractivity contribution >= 4 is 6.08 Å². The van der Waals surface area contributed by atoms with E-state index in [4.69, 9.17) is 14.7 Å². The molecule has 4 nitrogen and oxygen atoms in total.